The van der Waals surface area contributed by atoms with Crippen LogP contribution in [0.25, 0.3) is 0 Å². The molecule has 0 aliphatic carbocycles. The van der Waals surface area contributed by atoms with Crippen molar-refractivity contribution in [2.75, 3.05) is 6.54 Å². The summed E-state index contributed by atoms with van der Waals surface area (Å²) in [6, 6.07) is -0.823. The van der Waals surface area contributed by atoms with Crippen LogP contribution in [0.3, 0.4) is 0 Å². The third kappa shape index (κ3) is 6.76. The number of nitrogens with one attached hydrogen (secondary N) is 1. The van der Waals surface area contributed by atoms with E-state index in [2.05, 4.69) is 17.2 Å². The van der Waals surface area contributed by atoms with Gasteiger partial charge in [-0.05, 0) is 31.4 Å². The van der Waals surface area contributed by atoms with Crippen molar-refractivity contribution in [3.8, 4) is 0 Å². The summed E-state index contributed by atoms with van der Waals surface area (Å²) < 4.78 is 0. The first-order valence-corrected chi connectivity index (χ1v) is 6.25. The summed E-state index contributed by atoms with van der Waals surface area (Å²) in [4.78, 5) is 26.1. The number of hydrogen-bond donors (Lipinski definition) is 2. The minimum Gasteiger partial charge on any atom is -0.548 e. The first-order valence-electron chi connectivity index (χ1n) is 6.25. The molecule has 0 saturated carbocycles. The van der Waals surface area contributed by atoms with E-state index in [0.29, 0.717) is 18.9 Å². The fraction of sp³-hybridized carbons (Fsp3) is 0.750. The van der Waals surface area contributed by atoms with Gasteiger partial charge in [-0.3, -0.25) is 9.79 Å². The summed E-state index contributed by atoms with van der Waals surface area (Å²) >= 11 is 0. The summed E-state index contributed by atoms with van der Waals surface area (Å²) in [7, 11) is 0. The van der Waals surface area contributed by atoms with Crippen LogP contribution in [0.5, 0.6) is 0 Å². The van der Waals surface area contributed by atoms with E-state index in [0.717, 1.165) is 6.42 Å². The molecule has 7 heteroatoms. The standard InChI is InChI=1S/C12H21N3O3.Li/c1-8-5-6-14-10(8)7-15-11(16)4-2-3-9(13)12(17)18;/h6,8-10H,2-5,7,13H2,1H3,(H,15,16)(H,17,18);/q;+1/p-1/t8-,9+,10+;/m1./s1. The van der Waals surface area contributed by atoms with Gasteiger partial charge in [-0.1, -0.05) is 6.92 Å². The Morgan fingerprint density at radius 2 is 2.26 bits per heavy atom. The maximum Gasteiger partial charge on any atom is 1.00 e. The van der Waals surface area contributed by atoms with E-state index in [9.17, 15) is 14.7 Å². The van der Waals surface area contributed by atoms with E-state index in [1.165, 1.54) is 0 Å². The van der Waals surface area contributed by atoms with Crippen molar-refractivity contribution in [2.24, 2.45) is 16.6 Å². The summed E-state index contributed by atoms with van der Waals surface area (Å²) in [6.45, 7) is 2.64. The minimum atomic E-state index is -1.27. The number of carboxylic acid groups (broad SMARTS) is 1. The third-order valence-electron chi connectivity index (χ3n) is 3.16. The second-order valence-corrected chi connectivity index (χ2v) is 4.73. The minimum absolute atomic E-state index is 0. The quantitative estimate of drug-likeness (QED) is 0.453. The van der Waals surface area contributed by atoms with Crippen LogP contribution < -0.4 is 35.0 Å². The zero-order chi connectivity index (χ0) is 13.5. The molecule has 0 aromatic carbocycles. The molecular weight excluding hydrogens is 241 g/mol. The van der Waals surface area contributed by atoms with Crippen LogP contribution in [-0.4, -0.2) is 36.7 Å². The number of carbonyl (C=O) groups is 2. The Labute approximate surface area is 125 Å². The van der Waals surface area contributed by atoms with Gasteiger partial charge in [-0.15, -0.1) is 0 Å². The van der Waals surface area contributed by atoms with Crippen LogP contribution >= 0.6 is 0 Å². The molecule has 1 aliphatic heterocycles. The monoisotopic (exact) mass is 261 g/mol. The van der Waals surface area contributed by atoms with Gasteiger partial charge in [0.15, 0.2) is 0 Å². The van der Waals surface area contributed by atoms with Crippen LogP contribution in [0.4, 0.5) is 0 Å². The van der Waals surface area contributed by atoms with Crippen molar-refractivity contribution in [3.05, 3.63) is 0 Å². The fourth-order valence-electron chi connectivity index (χ4n) is 1.83. The maximum atomic E-state index is 11.5. The fourth-order valence-corrected chi connectivity index (χ4v) is 1.83. The van der Waals surface area contributed by atoms with Crippen LogP contribution in [-0.2, 0) is 9.59 Å². The van der Waals surface area contributed by atoms with Gasteiger partial charge in [-0.2, -0.15) is 0 Å². The molecule has 19 heavy (non-hydrogen) atoms. The first kappa shape index (κ1) is 18.2. The van der Waals surface area contributed by atoms with E-state index in [4.69, 9.17) is 5.73 Å². The van der Waals surface area contributed by atoms with Gasteiger partial charge in [0.2, 0.25) is 5.91 Å². The molecule has 102 valence electrons. The van der Waals surface area contributed by atoms with Gasteiger partial charge in [0.25, 0.3) is 0 Å². The molecule has 0 unspecified atom stereocenters. The molecule has 3 atom stereocenters. The molecule has 1 rings (SSSR count). The zero-order valence-electron chi connectivity index (χ0n) is 11.6. The average Bonchev–Trinajstić information content (AvgIpc) is 2.72. The molecule has 6 nitrogen and oxygen atoms in total. The Hall–Kier alpha value is -0.833. The Bertz CT molecular complexity index is 336. The molecule has 1 aliphatic rings. The van der Waals surface area contributed by atoms with Gasteiger partial charge in [0.05, 0.1) is 12.0 Å². The van der Waals surface area contributed by atoms with Crippen LogP contribution in [0.15, 0.2) is 4.99 Å². The number of carbonyl (C=O) groups excluding carboxylic acids is 2. The Kier molecular flexibility index (Phi) is 8.73. The number of hydrogen-bond acceptors (Lipinski definition) is 5. The van der Waals surface area contributed by atoms with Crippen LogP contribution in [0, 0.1) is 5.92 Å². The van der Waals surface area contributed by atoms with E-state index < -0.39 is 12.0 Å². The molecule has 0 fully saturated rings. The molecule has 0 radical (unpaired) electrons. The number of nitrogens with two attached hydrogens (primary N) is 1. The van der Waals surface area contributed by atoms with Crippen LogP contribution in [0.1, 0.15) is 32.6 Å². The van der Waals surface area contributed by atoms with E-state index in [1.54, 1.807) is 0 Å². The van der Waals surface area contributed by atoms with Crippen molar-refractivity contribution in [3.63, 3.8) is 0 Å². The van der Waals surface area contributed by atoms with E-state index in [-0.39, 0.29) is 43.7 Å². The topological polar surface area (TPSA) is 108 Å². The molecule has 0 aromatic heterocycles. The summed E-state index contributed by atoms with van der Waals surface area (Å²) in [5.41, 5.74) is 5.28. The zero-order valence-corrected chi connectivity index (χ0v) is 11.6. The molecule has 0 aromatic rings. The molecule has 0 spiro atoms. The number of carboxylic acids is 1. The number of aliphatic carboxylic acids is 1. The van der Waals surface area contributed by atoms with Gasteiger partial charge < -0.3 is 21.0 Å². The van der Waals surface area contributed by atoms with Gasteiger partial charge in [0.1, 0.15) is 0 Å². The molecule has 1 heterocycles. The maximum absolute atomic E-state index is 11.5. The first-order chi connectivity index (χ1) is 8.50. The molecule has 0 bridgehead atoms. The molecule has 0 saturated heterocycles. The summed E-state index contributed by atoms with van der Waals surface area (Å²) in [6.07, 6.45) is 3.84. The largest absolute Gasteiger partial charge is 1.00 e. The average molecular weight is 261 g/mol. The summed E-state index contributed by atoms with van der Waals surface area (Å²) in [5.74, 6) is -0.892. The van der Waals surface area contributed by atoms with Gasteiger partial charge >= 0.3 is 18.9 Å². The van der Waals surface area contributed by atoms with Crippen LogP contribution in [0.2, 0.25) is 0 Å². The normalized spacial score (nSPS) is 22.6. The number of aliphatic imine (C=N–C) groups is 1. The Morgan fingerprint density at radius 1 is 1.58 bits per heavy atom. The van der Waals surface area contributed by atoms with Crippen molar-refractivity contribution >= 4 is 18.1 Å². The third-order valence-corrected chi connectivity index (χ3v) is 3.16. The Balaban J connectivity index is 0.00000324. The SMILES string of the molecule is C[C@@H]1CC=N[C@H]1CNC(=O)CCC[C@H](N)C(=O)[O-].[Li+]. The number of rotatable bonds is 7. The molecule has 3 N–H and O–H groups in total. The predicted molar refractivity (Wildman–Crippen MR) is 65.9 cm³/mol. The number of nitrogens with zero attached hydrogens (tertiary/aromatic N) is 1. The van der Waals surface area contributed by atoms with E-state index >= 15 is 0 Å². The van der Waals surface area contributed by atoms with Gasteiger partial charge in [-0.25, -0.2) is 0 Å². The van der Waals surface area contributed by atoms with Crippen molar-refractivity contribution in [1.29, 1.82) is 0 Å². The molecular formula is C12H20LiN3O3. The number of amides is 1. The van der Waals surface area contributed by atoms with E-state index in [1.807, 2.05) is 6.21 Å². The molecule has 1 amide bonds. The second kappa shape index (κ2) is 9.13. The van der Waals surface area contributed by atoms with Gasteiger partial charge in [0, 0.05) is 19.0 Å². The Morgan fingerprint density at radius 3 is 2.79 bits per heavy atom. The van der Waals surface area contributed by atoms with Crippen molar-refractivity contribution < 1.29 is 33.6 Å². The predicted octanol–water partition coefficient (Wildman–Crippen LogP) is -4.17. The van der Waals surface area contributed by atoms with Crippen molar-refractivity contribution in [2.45, 2.75) is 44.7 Å². The summed E-state index contributed by atoms with van der Waals surface area (Å²) in [5, 5.41) is 13.2. The second-order valence-electron chi connectivity index (χ2n) is 4.73. The van der Waals surface area contributed by atoms with Crippen molar-refractivity contribution in [1.82, 2.24) is 5.32 Å². The smallest absolute Gasteiger partial charge is 0.548 e.